The van der Waals surface area contributed by atoms with Gasteiger partial charge in [-0.1, -0.05) is 25.0 Å². The molecule has 3 aliphatic rings. The predicted molar refractivity (Wildman–Crippen MR) is 97.6 cm³/mol. The summed E-state index contributed by atoms with van der Waals surface area (Å²) in [5, 5.41) is 0. The first kappa shape index (κ1) is 16.8. The first-order valence-electron chi connectivity index (χ1n) is 9.95. The lowest BCUT2D eigenvalue weighted by atomic mass is 9.78. The van der Waals surface area contributed by atoms with E-state index < -0.39 is 0 Å². The van der Waals surface area contributed by atoms with Crippen LogP contribution in [0.5, 0.6) is 0 Å². The third-order valence-corrected chi connectivity index (χ3v) is 6.31. The van der Waals surface area contributed by atoms with Gasteiger partial charge in [-0.15, -0.1) is 0 Å². The summed E-state index contributed by atoms with van der Waals surface area (Å²) in [4.78, 5) is 28.9. The van der Waals surface area contributed by atoms with Crippen LogP contribution in [0.15, 0.2) is 24.3 Å². The molecule has 1 saturated heterocycles. The highest BCUT2D eigenvalue weighted by Crippen LogP contribution is 2.35. The molecule has 0 unspecified atom stereocenters. The summed E-state index contributed by atoms with van der Waals surface area (Å²) < 4.78 is 0. The Morgan fingerprint density at radius 3 is 2.24 bits per heavy atom. The summed E-state index contributed by atoms with van der Waals surface area (Å²) in [5.74, 6) is 0.676. The van der Waals surface area contributed by atoms with Gasteiger partial charge in [-0.2, -0.15) is 0 Å². The van der Waals surface area contributed by atoms with Gasteiger partial charge in [-0.25, -0.2) is 0 Å². The minimum absolute atomic E-state index is 0.120. The number of amides is 2. The maximum absolute atomic E-state index is 12.4. The van der Waals surface area contributed by atoms with Gasteiger partial charge in [0, 0.05) is 12.6 Å². The molecule has 2 amide bonds. The predicted octanol–water partition coefficient (Wildman–Crippen LogP) is 3.72. The lowest BCUT2D eigenvalue weighted by Crippen LogP contribution is -2.47. The van der Waals surface area contributed by atoms with Gasteiger partial charge in [0.15, 0.2) is 0 Å². The molecule has 1 aromatic rings. The summed E-state index contributed by atoms with van der Waals surface area (Å²) in [7, 11) is 0. The minimum atomic E-state index is -0.120. The third kappa shape index (κ3) is 3.24. The van der Waals surface area contributed by atoms with Gasteiger partial charge < -0.3 is 4.90 Å². The van der Waals surface area contributed by atoms with Crippen LogP contribution in [0.2, 0.25) is 0 Å². The fraction of sp³-hybridized carbons (Fsp3) is 0.619. The monoisotopic (exact) mass is 340 g/mol. The molecule has 0 spiro atoms. The molecule has 1 aliphatic carbocycles. The van der Waals surface area contributed by atoms with Gasteiger partial charge in [0.2, 0.25) is 0 Å². The maximum atomic E-state index is 12.4. The van der Waals surface area contributed by atoms with Crippen LogP contribution in [-0.2, 0) is 0 Å². The number of imide groups is 1. The van der Waals surface area contributed by atoms with E-state index >= 15 is 0 Å². The number of likely N-dealkylation sites (tertiary alicyclic amines) is 1. The highest BCUT2D eigenvalue weighted by atomic mass is 16.2. The van der Waals surface area contributed by atoms with Crippen molar-refractivity contribution >= 4 is 11.8 Å². The lowest BCUT2D eigenvalue weighted by Gasteiger charge is -2.44. The van der Waals surface area contributed by atoms with Crippen LogP contribution < -0.4 is 0 Å². The zero-order chi connectivity index (χ0) is 17.2. The quantitative estimate of drug-likeness (QED) is 0.606. The van der Waals surface area contributed by atoms with E-state index in [0.29, 0.717) is 17.7 Å². The second-order valence-corrected chi connectivity index (χ2v) is 7.80. The van der Waals surface area contributed by atoms with Crippen molar-refractivity contribution in [3.8, 4) is 0 Å². The van der Waals surface area contributed by atoms with E-state index in [1.54, 1.807) is 12.1 Å². The smallest absolute Gasteiger partial charge is 0.261 e. The number of hydrogen-bond acceptors (Lipinski definition) is 3. The molecule has 134 valence electrons. The fourth-order valence-corrected chi connectivity index (χ4v) is 5.03. The highest BCUT2D eigenvalue weighted by molar-refractivity contribution is 6.21. The molecule has 1 saturated carbocycles. The van der Waals surface area contributed by atoms with Crippen molar-refractivity contribution in [3.05, 3.63) is 35.4 Å². The molecule has 4 heteroatoms. The molecular formula is C21H28N2O2. The Kier molecular flexibility index (Phi) is 4.89. The first-order chi connectivity index (χ1) is 12.3. The molecule has 0 radical (unpaired) electrons. The second-order valence-electron chi connectivity index (χ2n) is 7.80. The largest absolute Gasteiger partial charge is 0.300 e. The van der Waals surface area contributed by atoms with Crippen molar-refractivity contribution in [2.24, 2.45) is 5.92 Å². The third-order valence-electron chi connectivity index (χ3n) is 6.31. The van der Waals surface area contributed by atoms with E-state index in [0.717, 1.165) is 31.3 Å². The van der Waals surface area contributed by atoms with Gasteiger partial charge in [0.25, 0.3) is 11.8 Å². The minimum Gasteiger partial charge on any atom is -0.300 e. The number of piperidine rings is 1. The molecular weight excluding hydrogens is 312 g/mol. The van der Waals surface area contributed by atoms with Crippen LogP contribution in [-0.4, -0.2) is 47.3 Å². The van der Waals surface area contributed by atoms with Crippen molar-refractivity contribution in [3.63, 3.8) is 0 Å². The second kappa shape index (κ2) is 7.28. The maximum Gasteiger partial charge on any atom is 0.261 e. The van der Waals surface area contributed by atoms with E-state index in [1.807, 2.05) is 12.1 Å². The van der Waals surface area contributed by atoms with E-state index in [1.165, 1.54) is 50.0 Å². The molecule has 2 aliphatic heterocycles. The number of benzene rings is 1. The average molecular weight is 340 g/mol. The van der Waals surface area contributed by atoms with Crippen LogP contribution in [0.3, 0.4) is 0 Å². The number of rotatable bonds is 5. The fourth-order valence-electron chi connectivity index (χ4n) is 5.03. The van der Waals surface area contributed by atoms with Gasteiger partial charge in [0.1, 0.15) is 0 Å². The van der Waals surface area contributed by atoms with Gasteiger partial charge >= 0.3 is 0 Å². The Bertz CT molecular complexity index is 620. The normalized spacial score (nSPS) is 26.6. The average Bonchev–Trinajstić information content (AvgIpc) is 2.90. The zero-order valence-electron chi connectivity index (χ0n) is 15.0. The summed E-state index contributed by atoms with van der Waals surface area (Å²) in [6, 6.07) is 7.95. The molecule has 2 atom stereocenters. The van der Waals surface area contributed by atoms with Crippen LogP contribution in [0, 0.1) is 5.92 Å². The Balaban J connectivity index is 1.27. The van der Waals surface area contributed by atoms with Gasteiger partial charge in [-0.05, 0) is 69.7 Å². The Hall–Kier alpha value is -1.68. The summed E-state index contributed by atoms with van der Waals surface area (Å²) in [6.07, 6.45) is 10.3. The molecule has 2 fully saturated rings. The number of hydrogen-bond donors (Lipinski definition) is 0. The van der Waals surface area contributed by atoms with E-state index in [4.69, 9.17) is 0 Å². The molecule has 1 aromatic carbocycles. The molecule has 4 nitrogen and oxygen atoms in total. The number of carbonyl (C=O) groups is 2. The highest BCUT2D eigenvalue weighted by Gasteiger charge is 2.35. The van der Waals surface area contributed by atoms with Crippen molar-refractivity contribution in [2.75, 3.05) is 19.6 Å². The van der Waals surface area contributed by atoms with Crippen LogP contribution >= 0.6 is 0 Å². The van der Waals surface area contributed by atoms with E-state index in [-0.39, 0.29) is 11.8 Å². The molecule has 0 N–H and O–H groups in total. The Morgan fingerprint density at radius 1 is 0.840 bits per heavy atom. The van der Waals surface area contributed by atoms with Gasteiger partial charge in [0.05, 0.1) is 11.1 Å². The van der Waals surface area contributed by atoms with Crippen molar-refractivity contribution in [2.45, 2.75) is 57.4 Å². The van der Waals surface area contributed by atoms with Crippen LogP contribution in [0.25, 0.3) is 0 Å². The van der Waals surface area contributed by atoms with Crippen molar-refractivity contribution in [1.29, 1.82) is 0 Å². The Morgan fingerprint density at radius 2 is 1.48 bits per heavy atom. The molecule has 4 rings (SSSR count). The summed E-state index contributed by atoms with van der Waals surface area (Å²) in [5.41, 5.74) is 1.13. The van der Waals surface area contributed by atoms with Crippen LogP contribution in [0.1, 0.15) is 72.1 Å². The zero-order valence-corrected chi connectivity index (χ0v) is 15.0. The number of nitrogens with zero attached hydrogens (tertiary/aromatic N) is 2. The van der Waals surface area contributed by atoms with E-state index in [2.05, 4.69) is 4.90 Å². The Labute approximate surface area is 150 Å². The molecule has 25 heavy (non-hydrogen) atoms. The van der Waals surface area contributed by atoms with Crippen molar-refractivity contribution in [1.82, 2.24) is 9.80 Å². The van der Waals surface area contributed by atoms with Crippen LogP contribution in [0.4, 0.5) is 0 Å². The number of fused-ring (bicyclic) bond motifs is 2. The SMILES string of the molecule is O=C1c2ccccc2C(=O)N1CCCCN1CCC[C@@H]2CCCC[C@@H]21. The number of unbranched alkanes of at least 4 members (excludes halogenated alkanes) is 1. The van der Waals surface area contributed by atoms with Crippen molar-refractivity contribution < 1.29 is 9.59 Å². The molecule has 0 bridgehead atoms. The molecule has 0 aromatic heterocycles. The molecule has 2 heterocycles. The number of carbonyl (C=O) groups excluding carboxylic acids is 2. The lowest BCUT2D eigenvalue weighted by molar-refractivity contribution is 0.0567. The van der Waals surface area contributed by atoms with E-state index in [9.17, 15) is 9.59 Å². The standard InChI is InChI=1S/C21H28N2O2/c24-20-17-10-2-3-11-18(17)21(25)23(20)15-6-5-13-22-14-7-9-16-8-1-4-12-19(16)22/h2-3,10-11,16,19H,1,4-9,12-15H2/t16-,19-/m0/s1. The summed E-state index contributed by atoms with van der Waals surface area (Å²) in [6.45, 7) is 2.90. The first-order valence-corrected chi connectivity index (χ1v) is 9.95. The summed E-state index contributed by atoms with van der Waals surface area (Å²) >= 11 is 0. The van der Waals surface area contributed by atoms with Gasteiger partial charge in [-0.3, -0.25) is 14.5 Å². The topological polar surface area (TPSA) is 40.6 Å².